The van der Waals surface area contributed by atoms with Crippen molar-refractivity contribution in [3.63, 3.8) is 0 Å². The molecule has 0 unspecified atom stereocenters. The number of hydrogen-bond acceptors (Lipinski definition) is 2. The van der Waals surface area contributed by atoms with Gasteiger partial charge in [-0.05, 0) is 18.6 Å². The Balaban J connectivity index is 2.65. The van der Waals surface area contributed by atoms with E-state index in [4.69, 9.17) is 0 Å². The molecule has 0 atom stereocenters. The van der Waals surface area contributed by atoms with Gasteiger partial charge in [0.2, 0.25) is 10.0 Å². The average molecular weight is 279 g/mol. The number of unbranched alkanes of at least 4 members (excludes halogenated alkanes) is 4. The largest absolute Gasteiger partial charge is 0.283 e. The fraction of sp³-hybridized carbons (Fsp3) is 0.467. The Morgan fingerprint density at radius 1 is 1.16 bits per heavy atom. The van der Waals surface area contributed by atoms with Crippen LogP contribution in [-0.4, -0.2) is 14.7 Å². The number of hydrogen-bond donors (Lipinski definition) is 1. The first-order valence-corrected chi connectivity index (χ1v) is 8.48. The van der Waals surface area contributed by atoms with Crippen LogP contribution in [0.5, 0.6) is 0 Å². The third kappa shape index (κ3) is 6.88. The molecule has 0 radical (unpaired) electrons. The van der Waals surface area contributed by atoms with Crippen molar-refractivity contribution >= 4 is 15.7 Å². The van der Waals surface area contributed by atoms with E-state index in [2.05, 4.69) is 23.5 Å². The zero-order valence-electron chi connectivity index (χ0n) is 11.6. The van der Waals surface area contributed by atoms with Crippen LogP contribution < -0.4 is 4.72 Å². The van der Waals surface area contributed by atoms with Crippen molar-refractivity contribution in [2.75, 3.05) is 11.0 Å². The molecule has 3 nitrogen and oxygen atoms in total. The molecule has 19 heavy (non-hydrogen) atoms. The van der Waals surface area contributed by atoms with Gasteiger partial charge in [0.05, 0.1) is 11.9 Å². The summed E-state index contributed by atoms with van der Waals surface area (Å²) in [4.78, 5) is 0. The molecule has 0 amide bonds. The molecule has 0 spiro atoms. The van der Waals surface area contributed by atoms with Gasteiger partial charge < -0.3 is 0 Å². The van der Waals surface area contributed by atoms with Gasteiger partial charge in [-0.15, -0.1) is 0 Å². The van der Waals surface area contributed by atoms with E-state index in [1.807, 2.05) is 12.1 Å². The Hall–Kier alpha value is -1.47. The highest BCUT2D eigenvalue weighted by Crippen LogP contribution is 2.15. The SMILES string of the molecule is CCCCCCC#Cc1ccccc1NS(C)(=O)=O. The van der Waals surface area contributed by atoms with Crippen LogP contribution in [0.4, 0.5) is 5.69 Å². The molecule has 0 aliphatic carbocycles. The number of para-hydroxylation sites is 1. The highest BCUT2D eigenvalue weighted by atomic mass is 32.2. The molecular formula is C15H21NO2S. The molecule has 0 saturated carbocycles. The van der Waals surface area contributed by atoms with Crippen LogP contribution in [-0.2, 0) is 10.0 Å². The summed E-state index contributed by atoms with van der Waals surface area (Å²) in [5.41, 5.74) is 1.27. The second kappa shape index (κ2) is 7.85. The number of sulfonamides is 1. The predicted molar refractivity (Wildman–Crippen MR) is 80.5 cm³/mol. The molecule has 0 aromatic heterocycles. The van der Waals surface area contributed by atoms with Crippen LogP contribution in [0.15, 0.2) is 24.3 Å². The normalized spacial score (nSPS) is 10.6. The van der Waals surface area contributed by atoms with Crippen molar-refractivity contribution in [2.45, 2.75) is 39.0 Å². The fourth-order valence-electron chi connectivity index (χ4n) is 1.68. The van der Waals surface area contributed by atoms with Crippen molar-refractivity contribution in [2.24, 2.45) is 0 Å². The zero-order chi connectivity index (χ0) is 14.1. The third-order valence-electron chi connectivity index (χ3n) is 2.60. The Kier molecular flexibility index (Phi) is 6.44. The molecule has 0 heterocycles. The van der Waals surface area contributed by atoms with Crippen molar-refractivity contribution in [1.29, 1.82) is 0 Å². The molecule has 1 aromatic carbocycles. The van der Waals surface area contributed by atoms with Gasteiger partial charge in [-0.1, -0.05) is 50.2 Å². The van der Waals surface area contributed by atoms with Gasteiger partial charge in [0, 0.05) is 12.0 Å². The second-order valence-corrected chi connectivity index (χ2v) is 6.28. The number of benzene rings is 1. The van der Waals surface area contributed by atoms with Gasteiger partial charge in [-0.25, -0.2) is 8.42 Å². The van der Waals surface area contributed by atoms with Crippen LogP contribution in [0.2, 0.25) is 0 Å². The lowest BCUT2D eigenvalue weighted by atomic mass is 10.1. The zero-order valence-corrected chi connectivity index (χ0v) is 12.4. The van der Waals surface area contributed by atoms with Crippen molar-refractivity contribution in [1.82, 2.24) is 0 Å². The highest BCUT2D eigenvalue weighted by molar-refractivity contribution is 7.92. The van der Waals surface area contributed by atoms with Gasteiger partial charge in [-0.2, -0.15) is 0 Å². The first-order chi connectivity index (χ1) is 9.03. The fourth-order valence-corrected chi connectivity index (χ4v) is 2.26. The lowest BCUT2D eigenvalue weighted by molar-refractivity contribution is 0.607. The molecule has 0 saturated heterocycles. The van der Waals surface area contributed by atoms with Crippen LogP contribution in [0, 0.1) is 11.8 Å². The van der Waals surface area contributed by atoms with E-state index in [1.165, 1.54) is 19.3 Å². The van der Waals surface area contributed by atoms with Crippen molar-refractivity contribution in [3.05, 3.63) is 29.8 Å². The maximum atomic E-state index is 11.2. The summed E-state index contributed by atoms with van der Waals surface area (Å²) < 4.78 is 25.0. The minimum atomic E-state index is -3.26. The molecular weight excluding hydrogens is 258 g/mol. The summed E-state index contributed by atoms with van der Waals surface area (Å²) in [6.45, 7) is 2.18. The Morgan fingerprint density at radius 2 is 1.89 bits per heavy atom. The van der Waals surface area contributed by atoms with E-state index in [9.17, 15) is 8.42 Å². The maximum Gasteiger partial charge on any atom is 0.229 e. The highest BCUT2D eigenvalue weighted by Gasteiger charge is 2.04. The number of anilines is 1. The van der Waals surface area contributed by atoms with Crippen LogP contribution in [0.25, 0.3) is 0 Å². The van der Waals surface area contributed by atoms with Gasteiger partial charge in [0.25, 0.3) is 0 Å². The van der Waals surface area contributed by atoms with Gasteiger partial charge >= 0.3 is 0 Å². The average Bonchev–Trinajstić information content (AvgIpc) is 2.33. The monoisotopic (exact) mass is 279 g/mol. The summed E-state index contributed by atoms with van der Waals surface area (Å²) in [5.74, 6) is 6.14. The molecule has 104 valence electrons. The predicted octanol–water partition coefficient (Wildman–Crippen LogP) is 3.38. The lowest BCUT2D eigenvalue weighted by Gasteiger charge is -2.05. The molecule has 0 bridgehead atoms. The minimum absolute atomic E-state index is 0.547. The minimum Gasteiger partial charge on any atom is -0.283 e. The number of rotatable bonds is 6. The molecule has 0 fully saturated rings. The smallest absolute Gasteiger partial charge is 0.229 e. The van der Waals surface area contributed by atoms with Gasteiger partial charge in [0.15, 0.2) is 0 Å². The number of nitrogens with one attached hydrogen (secondary N) is 1. The quantitative estimate of drug-likeness (QED) is 0.641. The van der Waals surface area contributed by atoms with Gasteiger partial charge in [-0.3, -0.25) is 4.72 Å². The second-order valence-electron chi connectivity index (χ2n) is 4.53. The van der Waals surface area contributed by atoms with Crippen LogP contribution >= 0.6 is 0 Å². The maximum absolute atomic E-state index is 11.2. The van der Waals surface area contributed by atoms with Crippen LogP contribution in [0.3, 0.4) is 0 Å². The van der Waals surface area contributed by atoms with E-state index < -0.39 is 10.0 Å². The Bertz CT molecular complexity index is 553. The molecule has 1 aromatic rings. The van der Waals surface area contributed by atoms with E-state index in [0.29, 0.717) is 5.69 Å². The molecule has 1 rings (SSSR count). The van der Waals surface area contributed by atoms with E-state index in [1.54, 1.807) is 12.1 Å². The molecule has 0 aliphatic rings. The summed E-state index contributed by atoms with van der Waals surface area (Å²) in [7, 11) is -3.26. The van der Waals surface area contributed by atoms with Crippen LogP contribution in [0.1, 0.15) is 44.6 Å². The van der Waals surface area contributed by atoms with Gasteiger partial charge in [0.1, 0.15) is 0 Å². The van der Waals surface area contributed by atoms with E-state index in [-0.39, 0.29) is 0 Å². The Morgan fingerprint density at radius 3 is 2.58 bits per heavy atom. The van der Waals surface area contributed by atoms with E-state index in [0.717, 1.165) is 24.7 Å². The first-order valence-electron chi connectivity index (χ1n) is 6.58. The molecule has 1 N–H and O–H groups in total. The lowest BCUT2D eigenvalue weighted by Crippen LogP contribution is -2.10. The summed E-state index contributed by atoms with van der Waals surface area (Å²) in [6, 6.07) is 7.20. The van der Waals surface area contributed by atoms with Crippen molar-refractivity contribution in [3.8, 4) is 11.8 Å². The Labute approximate surface area is 116 Å². The summed E-state index contributed by atoms with van der Waals surface area (Å²) >= 11 is 0. The standard InChI is InChI=1S/C15H21NO2S/c1-3-4-5-6-7-8-11-14-12-9-10-13-15(14)16-19(2,17)18/h9-10,12-13,16H,3-7H2,1-2H3. The summed E-state index contributed by atoms with van der Waals surface area (Å²) in [5, 5.41) is 0. The van der Waals surface area contributed by atoms with Crippen molar-refractivity contribution < 1.29 is 8.42 Å². The first kappa shape index (κ1) is 15.6. The van der Waals surface area contributed by atoms with E-state index >= 15 is 0 Å². The topological polar surface area (TPSA) is 46.2 Å². The molecule has 4 heteroatoms. The summed E-state index contributed by atoms with van der Waals surface area (Å²) in [6.07, 6.45) is 6.76. The molecule has 0 aliphatic heterocycles. The third-order valence-corrected chi connectivity index (χ3v) is 3.19.